The van der Waals surface area contributed by atoms with Crippen molar-refractivity contribution in [2.24, 2.45) is 0 Å². The topological polar surface area (TPSA) is 60.5 Å². The normalized spacial score (nSPS) is 12.5. The summed E-state index contributed by atoms with van der Waals surface area (Å²) >= 11 is 1.61. The van der Waals surface area contributed by atoms with Crippen molar-refractivity contribution in [3.05, 3.63) is 53.0 Å². The van der Waals surface area contributed by atoms with E-state index in [-0.39, 0.29) is 12.7 Å². The highest BCUT2D eigenvalue weighted by molar-refractivity contribution is 7.18. The van der Waals surface area contributed by atoms with E-state index >= 15 is 0 Å². The third-order valence-electron chi connectivity index (χ3n) is 3.85. The second-order valence-electron chi connectivity index (χ2n) is 5.54. The number of aromatic nitrogens is 1. The second kappa shape index (κ2) is 6.49. The number of ether oxygens (including phenoxy) is 2. The molecule has 0 aliphatic carbocycles. The number of carbonyl (C=O) groups is 1. The van der Waals surface area contributed by atoms with Crippen molar-refractivity contribution in [1.82, 2.24) is 10.3 Å². The molecule has 2 heterocycles. The zero-order valence-electron chi connectivity index (χ0n) is 13.0. The van der Waals surface area contributed by atoms with Crippen LogP contribution in [0.1, 0.15) is 17.0 Å². The van der Waals surface area contributed by atoms with Gasteiger partial charge < -0.3 is 14.8 Å². The molecule has 0 fully saturated rings. The molecule has 1 aliphatic heterocycles. The minimum absolute atomic E-state index is 0.0203. The number of nitrogens with zero attached hydrogens (tertiary/aromatic N) is 1. The molecule has 0 radical (unpaired) electrons. The van der Waals surface area contributed by atoms with E-state index in [1.807, 2.05) is 42.5 Å². The molecule has 2 aromatic carbocycles. The zero-order valence-corrected chi connectivity index (χ0v) is 13.8. The Kier molecular flexibility index (Phi) is 4.04. The van der Waals surface area contributed by atoms with Crippen LogP contribution in [0.15, 0.2) is 42.5 Å². The molecule has 0 saturated heterocycles. The van der Waals surface area contributed by atoms with Crippen LogP contribution in [0, 0.1) is 0 Å². The van der Waals surface area contributed by atoms with E-state index in [2.05, 4.69) is 10.3 Å². The molecular formula is C18H16N2O3S. The molecule has 1 amide bonds. The number of para-hydroxylation sites is 1. The van der Waals surface area contributed by atoms with Gasteiger partial charge in [0.25, 0.3) is 0 Å². The summed E-state index contributed by atoms with van der Waals surface area (Å²) in [6.45, 7) is 0.737. The molecule has 4 rings (SSSR count). The lowest BCUT2D eigenvalue weighted by Gasteiger charge is -2.04. The summed E-state index contributed by atoms with van der Waals surface area (Å²) in [7, 11) is 0. The van der Waals surface area contributed by atoms with Crippen molar-refractivity contribution in [2.45, 2.75) is 19.4 Å². The lowest BCUT2D eigenvalue weighted by Crippen LogP contribution is -2.22. The van der Waals surface area contributed by atoms with E-state index in [1.165, 1.54) is 0 Å². The first-order chi connectivity index (χ1) is 11.8. The Balaban J connectivity index is 1.30. The third kappa shape index (κ3) is 3.19. The Labute approximate surface area is 143 Å². The Hall–Kier alpha value is -2.60. The zero-order chi connectivity index (χ0) is 16.4. The second-order valence-corrected chi connectivity index (χ2v) is 6.65. The highest BCUT2D eigenvalue weighted by atomic mass is 32.1. The maximum Gasteiger partial charge on any atom is 0.231 e. The molecule has 0 unspecified atom stereocenters. The molecule has 0 bridgehead atoms. The van der Waals surface area contributed by atoms with Crippen molar-refractivity contribution in [1.29, 1.82) is 0 Å². The smallest absolute Gasteiger partial charge is 0.231 e. The highest BCUT2D eigenvalue weighted by Gasteiger charge is 2.13. The number of nitrogens with one attached hydrogen (secondary N) is 1. The number of hydrogen-bond donors (Lipinski definition) is 1. The van der Waals surface area contributed by atoms with E-state index in [4.69, 9.17) is 9.47 Å². The molecule has 6 heteroatoms. The molecule has 0 atom stereocenters. The quantitative estimate of drug-likeness (QED) is 0.774. The van der Waals surface area contributed by atoms with Gasteiger partial charge in [0.2, 0.25) is 12.7 Å². The van der Waals surface area contributed by atoms with E-state index in [0.717, 1.165) is 32.3 Å². The Morgan fingerprint density at radius 1 is 1.17 bits per heavy atom. The van der Waals surface area contributed by atoms with Crippen LogP contribution in [0.5, 0.6) is 11.5 Å². The van der Waals surface area contributed by atoms with Crippen LogP contribution in [-0.2, 0) is 17.8 Å². The standard InChI is InChI=1S/C18H16N2O3S/c21-17(8-6-12-5-7-14-15(9-12)23-11-22-14)19-10-18-20-13-3-1-2-4-16(13)24-18/h1-5,7,9H,6,8,10-11H2,(H,19,21). The SMILES string of the molecule is O=C(CCc1ccc2c(c1)OCO2)NCc1nc2ccccc2s1. The summed E-state index contributed by atoms with van der Waals surface area (Å²) < 4.78 is 11.8. The molecule has 5 nitrogen and oxygen atoms in total. The Morgan fingerprint density at radius 2 is 2.04 bits per heavy atom. The first kappa shape index (κ1) is 15.0. The number of thiazole rings is 1. The number of hydrogen-bond acceptors (Lipinski definition) is 5. The largest absolute Gasteiger partial charge is 0.454 e. The maximum absolute atomic E-state index is 12.0. The van der Waals surface area contributed by atoms with Gasteiger partial charge >= 0.3 is 0 Å². The number of carbonyl (C=O) groups excluding carboxylic acids is 1. The third-order valence-corrected chi connectivity index (χ3v) is 4.89. The fraction of sp³-hybridized carbons (Fsp3) is 0.222. The van der Waals surface area contributed by atoms with E-state index in [1.54, 1.807) is 11.3 Å². The van der Waals surface area contributed by atoms with Crippen LogP contribution in [0.4, 0.5) is 0 Å². The summed E-state index contributed by atoms with van der Waals surface area (Å²) in [6, 6.07) is 13.8. The average Bonchev–Trinajstić information content (AvgIpc) is 3.23. The number of aryl methyl sites for hydroxylation is 1. The van der Waals surface area contributed by atoms with Gasteiger partial charge in [-0.3, -0.25) is 4.79 Å². The van der Waals surface area contributed by atoms with Crippen LogP contribution in [-0.4, -0.2) is 17.7 Å². The first-order valence-electron chi connectivity index (χ1n) is 7.77. The van der Waals surface area contributed by atoms with Gasteiger partial charge in [0, 0.05) is 6.42 Å². The van der Waals surface area contributed by atoms with Gasteiger partial charge in [-0.25, -0.2) is 4.98 Å². The molecule has 1 aliphatic rings. The number of fused-ring (bicyclic) bond motifs is 2. The molecular weight excluding hydrogens is 324 g/mol. The first-order valence-corrected chi connectivity index (χ1v) is 8.59. The predicted molar refractivity (Wildman–Crippen MR) is 92.4 cm³/mol. The van der Waals surface area contributed by atoms with Gasteiger partial charge in [0.15, 0.2) is 11.5 Å². The molecule has 24 heavy (non-hydrogen) atoms. The predicted octanol–water partition coefficient (Wildman–Crippen LogP) is 3.27. The van der Waals surface area contributed by atoms with Crippen molar-refractivity contribution in [3.63, 3.8) is 0 Å². The van der Waals surface area contributed by atoms with Gasteiger partial charge in [-0.1, -0.05) is 18.2 Å². The number of benzene rings is 2. The number of amides is 1. The summed E-state index contributed by atoms with van der Waals surface area (Å²) in [6.07, 6.45) is 1.10. The van der Waals surface area contributed by atoms with Crippen LogP contribution in [0.25, 0.3) is 10.2 Å². The highest BCUT2D eigenvalue weighted by Crippen LogP contribution is 2.32. The van der Waals surface area contributed by atoms with E-state index in [0.29, 0.717) is 19.4 Å². The maximum atomic E-state index is 12.0. The van der Waals surface area contributed by atoms with E-state index < -0.39 is 0 Å². The average molecular weight is 340 g/mol. The summed E-state index contributed by atoms with van der Waals surface area (Å²) in [5.41, 5.74) is 2.04. The van der Waals surface area contributed by atoms with Gasteiger partial charge in [0.1, 0.15) is 5.01 Å². The van der Waals surface area contributed by atoms with Gasteiger partial charge in [-0.2, -0.15) is 0 Å². The van der Waals surface area contributed by atoms with Gasteiger partial charge in [0.05, 0.1) is 16.8 Å². The van der Waals surface area contributed by atoms with Crippen molar-refractivity contribution in [2.75, 3.05) is 6.79 Å². The van der Waals surface area contributed by atoms with Crippen LogP contribution < -0.4 is 14.8 Å². The van der Waals surface area contributed by atoms with Crippen LogP contribution >= 0.6 is 11.3 Å². The fourth-order valence-electron chi connectivity index (χ4n) is 2.61. The van der Waals surface area contributed by atoms with Crippen molar-refractivity contribution in [3.8, 4) is 11.5 Å². The van der Waals surface area contributed by atoms with Crippen molar-refractivity contribution >= 4 is 27.5 Å². The summed E-state index contributed by atoms with van der Waals surface area (Å²) in [5.74, 6) is 1.54. The molecule has 122 valence electrons. The lowest BCUT2D eigenvalue weighted by atomic mass is 10.1. The van der Waals surface area contributed by atoms with Gasteiger partial charge in [-0.15, -0.1) is 11.3 Å². The lowest BCUT2D eigenvalue weighted by molar-refractivity contribution is -0.121. The fourth-order valence-corrected chi connectivity index (χ4v) is 3.52. The molecule has 1 N–H and O–H groups in total. The summed E-state index contributed by atoms with van der Waals surface area (Å²) in [4.78, 5) is 16.6. The number of rotatable bonds is 5. The minimum atomic E-state index is 0.0203. The summed E-state index contributed by atoms with van der Waals surface area (Å²) in [5, 5.41) is 3.86. The monoisotopic (exact) mass is 340 g/mol. The van der Waals surface area contributed by atoms with Crippen molar-refractivity contribution < 1.29 is 14.3 Å². The molecule has 0 saturated carbocycles. The minimum Gasteiger partial charge on any atom is -0.454 e. The Morgan fingerprint density at radius 3 is 2.96 bits per heavy atom. The molecule has 3 aromatic rings. The van der Waals surface area contributed by atoms with Crippen LogP contribution in [0.3, 0.4) is 0 Å². The molecule has 1 aromatic heterocycles. The van der Waals surface area contributed by atoms with Crippen LogP contribution in [0.2, 0.25) is 0 Å². The van der Waals surface area contributed by atoms with E-state index in [9.17, 15) is 4.79 Å². The van der Waals surface area contributed by atoms with Gasteiger partial charge in [-0.05, 0) is 36.2 Å². The Bertz CT molecular complexity index is 858. The molecule has 0 spiro atoms.